The molecule has 0 spiro atoms. The lowest BCUT2D eigenvalue weighted by atomic mass is 9.89. The van der Waals surface area contributed by atoms with Crippen LogP contribution in [0, 0.1) is 17.7 Å². The van der Waals surface area contributed by atoms with Crippen LogP contribution >= 0.6 is 0 Å². The number of aromatic nitrogens is 2. The fourth-order valence-electron chi connectivity index (χ4n) is 4.49. The Bertz CT molecular complexity index is 895. The molecule has 2 aromatic rings. The van der Waals surface area contributed by atoms with Gasteiger partial charge in [-0.25, -0.2) is 9.37 Å². The van der Waals surface area contributed by atoms with Gasteiger partial charge in [0.2, 0.25) is 5.91 Å². The maximum Gasteiger partial charge on any atom is 0.274 e. The van der Waals surface area contributed by atoms with Crippen molar-refractivity contribution in [2.45, 2.75) is 12.5 Å². The molecule has 29 heavy (non-hydrogen) atoms. The zero-order valence-corrected chi connectivity index (χ0v) is 16.2. The zero-order valence-electron chi connectivity index (χ0n) is 16.2. The summed E-state index contributed by atoms with van der Waals surface area (Å²) in [6, 6.07) is 6.12. The van der Waals surface area contributed by atoms with Gasteiger partial charge in [-0.15, -0.1) is 0 Å². The SMILES string of the molecule is COCCC(=O)N1C[C@@H]2CN(C(=O)c3cnccn3)C[C@@H]2[C@@H]1c1cccc(F)c1. The van der Waals surface area contributed by atoms with Crippen molar-refractivity contribution in [3.63, 3.8) is 0 Å². The molecule has 4 rings (SSSR count). The van der Waals surface area contributed by atoms with Crippen LogP contribution in [-0.4, -0.2) is 64.9 Å². The lowest BCUT2D eigenvalue weighted by Gasteiger charge is -2.30. The van der Waals surface area contributed by atoms with Gasteiger partial charge < -0.3 is 14.5 Å². The van der Waals surface area contributed by atoms with Crippen molar-refractivity contribution in [2.75, 3.05) is 33.4 Å². The summed E-state index contributed by atoms with van der Waals surface area (Å²) in [6.07, 6.45) is 4.76. The number of likely N-dealkylation sites (tertiary alicyclic amines) is 2. The Balaban J connectivity index is 1.58. The molecule has 152 valence electrons. The van der Waals surface area contributed by atoms with E-state index in [9.17, 15) is 14.0 Å². The lowest BCUT2D eigenvalue weighted by Crippen LogP contribution is -2.38. The van der Waals surface area contributed by atoms with E-state index in [1.54, 1.807) is 18.1 Å². The third-order valence-electron chi connectivity index (χ3n) is 5.76. The van der Waals surface area contributed by atoms with E-state index in [1.165, 1.54) is 30.7 Å². The molecule has 2 saturated heterocycles. The lowest BCUT2D eigenvalue weighted by molar-refractivity contribution is -0.133. The van der Waals surface area contributed by atoms with E-state index in [1.807, 2.05) is 11.0 Å². The molecule has 8 heteroatoms. The smallest absolute Gasteiger partial charge is 0.274 e. The molecule has 3 heterocycles. The fourth-order valence-corrected chi connectivity index (χ4v) is 4.49. The van der Waals surface area contributed by atoms with Gasteiger partial charge in [0.25, 0.3) is 5.91 Å². The van der Waals surface area contributed by atoms with Gasteiger partial charge >= 0.3 is 0 Å². The van der Waals surface area contributed by atoms with Crippen LogP contribution in [-0.2, 0) is 9.53 Å². The highest BCUT2D eigenvalue weighted by atomic mass is 19.1. The quantitative estimate of drug-likeness (QED) is 0.769. The number of hydrogen-bond donors (Lipinski definition) is 0. The van der Waals surface area contributed by atoms with E-state index in [4.69, 9.17) is 4.74 Å². The number of carbonyl (C=O) groups is 2. The van der Waals surface area contributed by atoms with Crippen molar-refractivity contribution in [1.82, 2.24) is 19.8 Å². The molecule has 0 bridgehead atoms. The molecule has 0 radical (unpaired) electrons. The maximum atomic E-state index is 13.9. The highest BCUT2D eigenvalue weighted by molar-refractivity contribution is 5.92. The van der Waals surface area contributed by atoms with Crippen molar-refractivity contribution in [1.29, 1.82) is 0 Å². The summed E-state index contributed by atoms with van der Waals surface area (Å²) < 4.78 is 19.0. The number of amides is 2. The van der Waals surface area contributed by atoms with Crippen molar-refractivity contribution < 1.29 is 18.7 Å². The summed E-state index contributed by atoms with van der Waals surface area (Å²) in [5.74, 6) is -0.329. The molecule has 3 atom stereocenters. The Morgan fingerprint density at radius 2 is 2.10 bits per heavy atom. The fraction of sp³-hybridized carbons (Fsp3) is 0.429. The molecule has 1 aromatic carbocycles. The summed E-state index contributed by atoms with van der Waals surface area (Å²) >= 11 is 0. The van der Waals surface area contributed by atoms with Crippen LogP contribution in [0.2, 0.25) is 0 Å². The van der Waals surface area contributed by atoms with Crippen LogP contribution in [0.25, 0.3) is 0 Å². The average molecular weight is 398 g/mol. The van der Waals surface area contributed by atoms with Gasteiger partial charge in [-0.3, -0.25) is 14.6 Å². The second kappa shape index (κ2) is 8.24. The number of nitrogens with zero attached hydrogens (tertiary/aromatic N) is 4. The average Bonchev–Trinajstić information content (AvgIpc) is 3.30. The van der Waals surface area contributed by atoms with E-state index in [0.717, 1.165) is 5.56 Å². The first-order valence-corrected chi connectivity index (χ1v) is 9.67. The number of halogens is 1. The predicted octanol–water partition coefficient (Wildman–Crippen LogP) is 1.92. The van der Waals surface area contributed by atoms with Gasteiger partial charge in [-0.2, -0.15) is 0 Å². The minimum atomic E-state index is -0.333. The number of rotatable bonds is 5. The molecule has 2 fully saturated rings. The Hall–Kier alpha value is -2.87. The summed E-state index contributed by atoms with van der Waals surface area (Å²) in [5.41, 5.74) is 1.07. The summed E-state index contributed by atoms with van der Waals surface area (Å²) in [5, 5.41) is 0. The molecule has 0 saturated carbocycles. The maximum absolute atomic E-state index is 13.9. The van der Waals surface area contributed by atoms with Crippen molar-refractivity contribution in [3.05, 3.63) is 59.9 Å². The molecular formula is C21H23FN4O3. The topological polar surface area (TPSA) is 75.6 Å². The van der Waals surface area contributed by atoms with Crippen molar-refractivity contribution in [2.24, 2.45) is 11.8 Å². The largest absolute Gasteiger partial charge is 0.384 e. The molecule has 7 nitrogen and oxygen atoms in total. The van der Waals surface area contributed by atoms with Gasteiger partial charge in [0.05, 0.1) is 25.3 Å². The first-order valence-electron chi connectivity index (χ1n) is 9.67. The molecular weight excluding hydrogens is 375 g/mol. The predicted molar refractivity (Wildman–Crippen MR) is 102 cm³/mol. The van der Waals surface area contributed by atoms with Gasteiger partial charge in [-0.1, -0.05) is 12.1 Å². The van der Waals surface area contributed by atoms with Gasteiger partial charge in [0.1, 0.15) is 11.5 Å². The second-order valence-electron chi connectivity index (χ2n) is 7.51. The standard InChI is InChI=1S/C21H23FN4O3/c1-29-8-5-19(27)26-12-15-11-25(21(28)18-10-23-6-7-24-18)13-17(15)20(26)14-3-2-4-16(22)9-14/h2-4,6-7,9-10,15,17,20H,5,8,11-13H2,1H3/t15-,17-,20-/m0/s1. The Labute approximate surface area is 168 Å². The number of methoxy groups -OCH3 is 1. The minimum Gasteiger partial charge on any atom is -0.384 e. The molecule has 2 aliphatic rings. The molecule has 1 aromatic heterocycles. The normalized spacial score (nSPS) is 23.3. The van der Waals surface area contributed by atoms with Crippen molar-refractivity contribution in [3.8, 4) is 0 Å². The monoisotopic (exact) mass is 398 g/mol. The summed E-state index contributed by atoms with van der Waals surface area (Å²) in [4.78, 5) is 37.3. The van der Waals surface area contributed by atoms with E-state index in [-0.39, 0.29) is 41.9 Å². The van der Waals surface area contributed by atoms with E-state index in [0.29, 0.717) is 31.9 Å². The Morgan fingerprint density at radius 1 is 1.24 bits per heavy atom. The molecule has 2 amide bonds. The van der Waals surface area contributed by atoms with E-state index < -0.39 is 0 Å². The molecule has 0 N–H and O–H groups in total. The first kappa shape index (κ1) is 19.4. The van der Waals surface area contributed by atoms with Gasteiger partial charge in [0.15, 0.2) is 0 Å². The summed E-state index contributed by atoms with van der Waals surface area (Å²) in [6.45, 7) is 1.92. The molecule has 2 aliphatic heterocycles. The third-order valence-corrected chi connectivity index (χ3v) is 5.76. The number of benzene rings is 1. The minimum absolute atomic E-state index is 0.0117. The van der Waals surface area contributed by atoms with Crippen molar-refractivity contribution >= 4 is 11.8 Å². The second-order valence-corrected chi connectivity index (χ2v) is 7.51. The van der Waals surface area contributed by atoms with Crippen LogP contribution < -0.4 is 0 Å². The van der Waals surface area contributed by atoms with Gasteiger partial charge in [-0.05, 0) is 17.7 Å². The Kier molecular flexibility index (Phi) is 5.53. The molecule has 0 aliphatic carbocycles. The van der Waals surface area contributed by atoms with Gasteiger partial charge in [0, 0.05) is 51.0 Å². The Morgan fingerprint density at radius 3 is 2.83 bits per heavy atom. The van der Waals surface area contributed by atoms with Crippen LogP contribution in [0.15, 0.2) is 42.9 Å². The highest BCUT2D eigenvalue weighted by Gasteiger charge is 2.50. The number of fused-ring (bicyclic) bond motifs is 1. The van der Waals surface area contributed by atoms with E-state index >= 15 is 0 Å². The number of hydrogen-bond acceptors (Lipinski definition) is 5. The third kappa shape index (κ3) is 3.85. The first-order chi connectivity index (χ1) is 14.1. The summed E-state index contributed by atoms with van der Waals surface area (Å²) in [7, 11) is 1.56. The van der Waals surface area contributed by atoms with E-state index in [2.05, 4.69) is 9.97 Å². The van der Waals surface area contributed by atoms with Crippen LogP contribution in [0.3, 0.4) is 0 Å². The zero-order chi connectivity index (χ0) is 20.4. The van der Waals surface area contributed by atoms with Crippen LogP contribution in [0.4, 0.5) is 4.39 Å². The molecule has 0 unspecified atom stereocenters. The van der Waals surface area contributed by atoms with Crippen LogP contribution in [0.1, 0.15) is 28.5 Å². The van der Waals surface area contributed by atoms with Crippen LogP contribution in [0.5, 0.6) is 0 Å². The highest BCUT2D eigenvalue weighted by Crippen LogP contribution is 2.45. The number of carbonyl (C=O) groups excluding carboxylic acids is 2. The number of ether oxygens (including phenoxy) is 1.